The molecule has 0 radical (unpaired) electrons. The van der Waals surface area contributed by atoms with Gasteiger partial charge in [0, 0.05) is 18.8 Å². The highest BCUT2D eigenvalue weighted by Gasteiger charge is 2.26. The SMILES string of the molecule is Cc1ccc(S(=O)(=O)n2c(-c3cnn(C)c3)cc3c(Cl)ncnc32)cc1. The van der Waals surface area contributed by atoms with Gasteiger partial charge in [0.05, 0.1) is 22.2 Å². The maximum Gasteiger partial charge on any atom is 0.269 e. The van der Waals surface area contributed by atoms with E-state index in [0.717, 1.165) is 5.56 Å². The molecule has 0 N–H and O–H groups in total. The molecule has 26 heavy (non-hydrogen) atoms. The number of aryl methyl sites for hydroxylation is 2. The topological polar surface area (TPSA) is 82.7 Å². The van der Waals surface area contributed by atoms with Gasteiger partial charge in [0.15, 0.2) is 5.65 Å². The molecule has 7 nitrogen and oxygen atoms in total. The third-order valence-electron chi connectivity index (χ3n) is 4.07. The zero-order chi connectivity index (χ0) is 18.5. The average Bonchev–Trinajstić information content (AvgIpc) is 3.20. The second-order valence-corrected chi connectivity index (χ2v) is 8.06. The van der Waals surface area contributed by atoms with E-state index in [-0.39, 0.29) is 15.7 Å². The van der Waals surface area contributed by atoms with Gasteiger partial charge in [-0.15, -0.1) is 0 Å². The molecule has 0 spiro atoms. The summed E-state index contributed by atoms with van der Waals surface area (Å²) in [4.78, 5) is 8.28. The fraction of sp³-hybridized carbons (Fsp3) is 0.118. The molecule has 0 saturated carbocycles. The number of halogens is 1. The lowest BCUT2D eigenvalue weighted by Crippen LogP contribution is -2.14. The van der Waals surface area contributed by atoms with Crippen molar-refractivity contribution in [3.05, 3.63) is 59.8 Å². The van der Waals surface area contributed by atoms with Crippen LogP contribution >= 0.6 is 11.6 Å². The molecule has 0 bridgehead atoms. The summed E-state index contributed by atoms with van der Waals surface area (Å²) in [5.74, 6) is 0. The summed E-state index contributed by atoms with van der Waals surface area (Å²) in [7, 11) is -2.13. The summed E-state index contributed by atoms with van der Waals surface area (Å²) >= 11 is 6.17. The lowest BCUT2D eigenvalue weighted by Gasteiger charge is -2.11. The molecule has 1 aromatic carbocycles. The first-order chi connectivity index (χ1) is 12.4. The van der Waals surface area contributed by atoms with Crippen molar-refractivity contribution in [3.63, 3.8) is 0 Å². The van der Waals surface area contributed by atoms with Crippen molar-refractivity contribution in [2.45, 2.75) is 11.8 Å². The molecule has 0 aliphatic carbocycles. The summed E-state index contributed by atoms with van der Waals surface area (Å²) < 4.78 is 29.5. The molecule has 4 rings (SSSR count). The van der Waals surface area contributed by atoms with Gasteiger partial charge in [-0.05, 0) is 25.1 Å². The first-order valence-corrected chi connectivity index (χ1v) is 9.53. The third-order valence-corrected chi connectivity index (χ3v) is 6.09. The van der Waals surface area contributed by atoms with E-state index in [1.807, 2.05) is 6.92 Å². The van der Waals surface area contributed by atoms with Crippen LogP contribution in [0.2, 0.25) is 5.15 Å². The van der Waals surface area contributed by atoms with E-state index >= 15 is 0 Å². The molecule has 3 heterocycles. The Labute approximate surface area is 154 Å². The first kappa shape index (κ1) is 16.7. The Morgan fingerprint density at radius 2 is 1.85 bits per heavy atom. The summed E-state index contributed by atoms with van der Waals surface area (Å²) in [5.41, 5.74) is 2.26. The van der Waals surface area contributed by atoms with Gasteiger partial charge < -0.3 is 0 Å². The second kappa shape index (κ2) is 5.93. The van der Waals surface area contributed by atoms with Crippen LogP contribution in [0.3, 0.4) is 0 Å². The van der Waals surface area contributed by atoms with Crippen molar-refractivity contribution in [2.24, 2.45) is 7.05 Å². The maximum absolute atomic E-state index is 13.4. The van der Waals surface area contributed by atoms with Crippen molar-refractivity contribution >= 4 is 32.7 Å². The Morgan fingerprint density at radius 3 is 2.50 bits per heavy atom. The molecule has 0 saturated heterocycles. The first-order valence-electron chi connectivity index (χ1n) is 7.71. The molecule has 0 unspecified atom stereocenters. The molecule has 4 aromatic rings. The van der Waals surface area contributed by atoms with Crippen LogP contribution in [-0.4, -0.2) is 32.1 Å². The minimum Gasteiger partial charge on any atom is -0.275 e. The normalized spacial score (nSPS) is 12.0. The zero-order valence-electron chi connectivity index (χ0n) is 14.0. The Balaban J connectivity index is 2.07. The van der Waals surface area contributed by atoms with E-state index in [9.17, 15) is 8.42 Å². The van der Waals surface area contributed by atoms with Gasteiger partial charge >= 0.3 is 0 Å². The van der Waals surface area contributed by atoms with E-state index in [0.29, 0.717) is 16.6 Å². The minimum absolute atomic E-state index is 0.167. The van der Waals surface area contributed by atoms with E-state index in [4.69, 9.17) is 11.6 Å². The van der Waals surface area contributed by atoms with Crippen LogP contribution in [0.1, 0.15) is 5.56 Å². The number of rotatable bonds is 3. The van der Waals surface area contributed by atoms with Gasteiger partial charge in [-0.3, -0.25) is 4.68 Å². The van der Waals surface area contributed by atoms with E-state index in [1.165, 1.54) is 10.3 Å². The second-order valence-electron chi connectivity index (χ2n) is 5.92. The number of hydrogen-bond acceptors (Lipinski definition) is 5. The van der Waals surface area contributed by atoms with E-state index in [2.05, 4.69) is 15.1 Å². The maximum atomic E-state index is 13.4. The van der Waals surface area contributed by atoms with Gasteiger partial charge in [-0.1, -0.05) is 29.3 Å². The van der Waals surface area contributed by atoms with Crippen LogP contribution in [0.5, 0.6) is 0 Å². The Morgan fingerprint density at radius 1 is 1.12 bits per heavy atom. The molecule has 3 aromatic heterocycles. The number of hydrogen-bond donors (Lipinski definition) is 0. The van der Waals surface area contributed by atoms with Gasteiger partial charge in [0.25, 0.3) is 10.0 Å². The molecular weight excluding hydrogens is 374 g/mol. The van der Waals surface area contributed by atoms with Crippen molar-refractivity contribution in [2.75, 3.05) is 0 Å². The van der Waals surface area contributed by atoms with Crippen LogP contribution in [-0.2, 0) is 17.1 Å². The van der Waals surface area contributed by atoms with Gasteiger partial charge in [0.1, 0.15) is 11.5 Å². The largest absolute Gasteiger partial charge is 0.275 e. The lowest BCUT2D eigenvalue weighted by molar-refractivity contribution is 0.589. The van der Waals surface area contributed by atoms with E-state index < -0.39 is 10.0 Å². The predicted octanol–water partition coefficient (Wildman–Crippen LogP) is 3.03. The van der Waals surface area contributed by atoms with Crippen LogP contribution in [0.25, 0.3) is 22.3 Å². The molecule has 132 valence electrons. The zero-order valence-corrected chi connectivity index (χ0v) is 15.5. The summed E-state index contributed by atoms with van der Waals surface area (Å²) in [6, 6.07) is 8.33. The fourth-order valence-corrected chi connectivity index (χ4v) is 4.44. The van der Waals surface area contributed by atoms with Crippen LogP contribution < -0.4 is 0 Å². The number of benzene rings is 1. The Kier molecular flexibility index (Phi) is 3.82. The quantitative estimate of drug-likeness (QED) is 0.504. The van der Waals surface area contributed by atoms with Crippen molar-refractivity contribution in [3.8, 4) is 11.3 Å². The molecule has 0 atom stereocenters. The van der Waals surface area contributed by atoms with Gasteiger partial charge in [-0.2, -0.15) is 5.10 Å². The highest BCUT2D eigenvalue weighted by molar-refractivity contribution is 7.90. The molecule has 0 amide bonds. The number of fused-ring (bicyclic) bond motifs is 1. The molecule has 0 aliphatic heterocycles. The molecule has 0 aliphatic rings. The van der Waals surface area contributed by atoms with Crippen LogP contribution in [0.4, 0.5) is 0 Å². The van der Waals surface area contributed by atoms with Crippen LogP contribution in [0, 0.1) is 6.92 Å². The van der Waals surface area contributed by atoms with Crippen molar-refractivity contribution < 1.29 is 8.42 Å². The smallest absolute Gasteiger partial charge is 0.269 e. The molecular formula is C17H14ClN5O2S. The van der Waals surface area contributed by atoms with E-state index in [1.54, 1.807) is 54.5 Å². The summed E-state index contributed by atoms with van der Waals surface area (Å²) in [6.45, 7) is 1.90. The number of aromatic nitrogens is 5. The summed E-state index contributed by atoms with van der Waals surface area (Å²) in [5, 5.41) is 4.79. The summed E-state index contributed by atoms with van der Waals surface area (Å²) in [6.07, 6.45) is 4.58. The average molecular weight is 388 g/mol. The third kappa shape index (κ3) is 2.58. The van der Waals surface area contributed by atoms with Gasteiger partial charge in [-0.25, -0.2) is 22.4 Å². The van der Waals surface area contributed by atoms with Gasteiger partial charge in [0.2, 0.25) is 0 Å². The lowest BCUT2D eigenvalue weighted by atomic mass is 10.2. The Bertz CT molecular complexity index is 1230. The van der Waals surface area contributed by atoms with Crippen LogP contribution in [0.15, 0.2) is 53.9 Å². The molecule has 0 fully saturated rings. The predicted molar refractivity (Wildman–Crippen MR) is 98.5 cm³/mol. The standard InChI is InChI=1S/C17H14ClN5O2S/c1-11-3-5-13(6-4-11)26(24,25)23-15(12-8-21-22(2)9-12)7-14-16(18)19-10-20-17(14)23/h3-10H,1-2H3. The van der Waals surface area contributed by atoms with Crippen molar-refractivity contribution in [1.82, 2.24) is 23.7 Å². The van der Waals surface area contributed by atoms with Crippen molar-refractivity contribution in [1.29, 1.82) is 0 Å². The minimum atomic E-state index is -3.89. The fourth-order valence-electron chi connectivity index (χ4n) is 2.77. The highest BCUT2D eigenvalue weighted by atomic mass is 35.5. The Hall–Kier alpha value is -2.71. The monoisotopic (exact) mass is 387 g/mol. The molecule has 9 heteroatoms. The highest BCUT2D eigenvalue weighted by Crippen LogP contribution is 2.33. The number of nitrogens with zero attached hydrogens (tertiary/aromatic N) is 5.